The molecule has 0 fully saturated rings. The van der Waals surface area contributed by atoms with Crippen LogP contribution in [0.25, 0.3) is 11.0 Å². The maximum Gasteiger partial charge on any atom is 0.573 e. The normalized spacial score (nSPS) is 17.2. The van der Waals surface area contributed by atoms with Gasteiger partial charge in [0.05, 0.1) is 5.39 Å². The highest BCUT2D eigenvalue weighted by Gasteiger charge is 2.37. The number of ether oxygens (including phenoxy) is 1. The molecule has 12 heteroatoms. The Balaban J connectivity index is 1.97. The van der Waals surface area contributed by atoms with Crippen molar-refractivity contribution < 1.29 is 35.7 Å². The van der Waals surface area contributed by atoms with Crippen LogP contribution in [0.3, 0.4) is 0 Å². The Morgan fingerprint density at radius 2 is 2.04 bits per heavy atom. The number of sulfone groups is 1. The fourth-order valence-electron chi connectivity index (χ4n) is 2.36. The van der Waals surface area contributed by atoms with E-state index in [-0.39, 0.29) is 32.6 Å². The van der Waals surface area contributed by atoms with Crippen LogP contribution in [0.1, 0.15) is 26.0 Å². The molecule has 1 aromatic heterocycles. The molecule has 0 saturated heterocycles. The zero-order valence-electron chi connectivity index (χ0n) is 13.4. The Morgan fingerprint density at radius 1 is 1.35 bits per heavy atom. The van der Waals surface area contributed by atoms with Crippen LogP contribution in [-0.2, 0) is 20.4 Å². The lowest BCUT2D eigenvalue weighted by Crippen LogP contribution is -2.23. The van der Waals surface area contributed by atoms with Crippen LogP contribution in [0.4, 0.5) is 13.2 Å². The van der Waals surface area contributed by atoms with Crippen molar-refractivity contribution in [1.29, 1.82) is 0 Å². The summed E-state index contributed by atoms with van der Waals surface area (Å²) in [5.41, 5.74) is -1.10. The molecular weight excluding hydrogens is 445 g/mol. The molecule has 1 aromatic carbocycles. The molecule has 0 bridgehead atoms. The van der Waals surface area contributed by atoms with Gasteiger partial charge in [0.2, 0.25) is 15.4 Å². The predicted molar refractivity (Wildman–Crippen MR) is 88.2 cm³/mol. The minimum absolute atomic E-state index is 0.0549. The van der Waals surface area contributed by atoms with Gasteiger partial charge in [-0.2, -0.15) is 0 Å². The number of aromatic nitrogens is 1. The van der Waals surface area contributed by atoms with E-state index in [0.717, 1.165) is 6.07 Å². The van der Waals surface area contributed by atoms with Gasteiger partial charge in [0.25, 0.3) is 0 Å². The van der Waals surface area contributed by atoms with Gasteiger partial charge in [-0.3, -0.25) is 0 Å². The van der Waals surface area contributed by atoms with Gasteiger partial charge in [-0.15, -0.1) is 13.2 Å². The molecule has 142 valence electrons. The van der Waals surface area contributed by atoms with E-state index in [1.807, 2.05) is 0 Å². The summed E-state index contributed by atoms with van der Waals surface area (Å²) in [4.78, 5) is 5.05. The first kappa shape index (κ1) is 19.0. The summed E-state index contributed by atoms with van der Waals surface area (Å²) >= 11 is 3.06. The number of hydrogen-bond donors (Lipinski definition) is 0. The van der Waals surface area contributed by atoms with E-state index in [2.05, 4.69) is 31.0 Å². The highest BCUT2D eigenvalue weighted by atomic mass is 79.9. The van der Waals surface area contributed by atoms with Gasteiger partial charge in [0, 0.05) is 10.9 Å². The summed E-state index contributed by atoms with van der Waals surface area (Å²) in [6, 6.07) is 2.45. The van der Waals surface area contributed by atoms with Crippen LogP contribution in [-0.4, -0.2) is 30.6 Å². The van der Waals surface area contributed by atoms with Crippen molar-refractivity contribution in [2.75, 3.05) is 0 Å². The average Bonchev–Trinajstić information content (AvgIpc) is 3.01. The molecule has 0 radical (unpaired) electrons. The number of benzene rings is 1. The quantitative estimate of drug-likeness (QED) is 0.694. The molecule has 2 aromatic rings. The lowest BCUT2D eigenvalue weighted by Gasteiger charge is -2.13. The predicted octanol–water partition coefficient (Wildman–Crippen LogP) is 3.92. The van der Waals surface area contributed by atoms with Crippen molar-refractivity contribution in [2.24, 2.45) is 5.16 Å². The van der Waals surface area contributed by atoms with E-state index in [0.29, 0.717) is 0 Å². The van der Waals surface area contributed by atoms with E-state index in [1.165, 1.54) is 6.07 Å². The zero-order valence-corrected chi connectivity index (χ0v) is 15.8. The second kappa shape index (κ2) is 6.12. The van der Waals surface area contributed by atoms with Gasteiger partial charge in [0.1, 0.15) is 17.0 Å². The van der Waals surface area contributed by atoms with Crippen molar-refractivity contribution in [2.45, 2.75) is 38.0 Å². The molecule has 2 heterocycles. The molecule has 0 aliphatic carbocycles. The van der Waals surface area contributed by atoms with Gasteiger partial charge in [-0.05, 0) is 26.0 Å². The number of hydrogen-bond acceptors (Lipinski definition) is 7. The Bertz CT molecular complexity index is 998. The van der Waals surface area contributed by atoms with E-state index in [4.69, 9.17) is 9.36 Å². The van der Waals surface area contributed by atoms with Gasteiger partial charge >= 0.3 is 6.36 Å². The largest absolute Gasteiger partial charge is 0.573 e. The summed E-state index contributed by atoms with van der Waals surface area (Å²) in [5, 5.41) is 7.13. The molecule has 0 amide bonds. The standard InChI is InChI=1S/C14H12BrF3N2O5S/c1-13(2)5-11(20-25-13)26(21,22)6-9-8-3-7(15)4-10(12(8)24-19-9)23-14(16,17)18/h3-4H,5-6H2,1-2H3. The molecule has 3 rings (SSSR count). The first-order valence-electron chi connectivity index (χ1n) is 7.18. The smallest absolute Gasteiger partial charge is 0.402 e. The number of rotatable bonds is 3. The second-order valence-corrected chi connectivity index (χ2v) is 9.13. The molecule has 7 nitrogen and oxygen atoms in total. The molecule has 26 heavy (non-hydrogen) atoms. The first-order chi connectivity index (χ1) is 11.9. The molecule has 0 atom stereocenters. The fraction of sp³-hybridized carbons (Fsp3) is 0.429. The summed E-state index contributed by atoms with van der Waals surface area (Å²) in [6.45, 7) is 3.37. The van der Waals surface area contributed by atoms with E-state index < -0.39 is 33.3 Å². The van der Waals surface area contributed by atoms with Crippen molar-refractivity contribution in [3.63, 3.8) is 0 Å². The van der Waals surface area contributed by atoms with Crippen molar-refractivity contribution in [3.8, 4) is 5.75 Å². The van der Waals surface area contributed by atoms with Crippen LogP contribution in [0, 0.1) is 0 Å². The second-order valence-electron chi connectivity index (χ2n) is 6.23. The first-order valence-corrected chi connectivity index (χ1v) is 9.62. The van der Waals surface area contributed by atoms with Crippen LogP contribution in [0.5, 0.6) is 5.75 Å². The lowest BCUT2D eigenvalue weighted by molar-refractivity contribution is -0.274. The summed E-state index contributed by atoms with van der Waals surface area (Å²) in [6.07, 6.45) is -4.86. The highest BCUT2D eigenvalue weighted by Crippen LogP contribution is 2.36. The van der Waals surface area contributed by atoms with Crippen molar-refractivity contribution >= 4 is 41.8 Å². The van der Waals surface area contributed by atoms with Gasteiger partial charge < -0.3 is 14.1 Å². The van der Waals surface area contributed by atoms with Crippen LogP contribution < -0.4 is 4.74 Å². The SMILES string of the molecule is CC1(C)CC(S(=O)(=O)Cc2noc3c(OC(F)(F)F)cc(Br)cc23)=NO1. The Hall–Kier alpha value is -1.82. The number of nitrogens with zero attached hydrogens (tertiary/aromatic N) is 2. The third kappa shape index (κ3) is 3.95. The van der Waals surface area contributed by atoms with Crippen LogP contribution >= 0.6 is 15.9 Å². The van der Waals surface area contributed by atoms with E-state index in [1.54, 1.807) is 13.8 Å². The average molecular weight is 457 g/mol. The van der Waals surface area contributed by atoms with Crippen LogP contribution in [0.15, 0.2) is 26.3 Å². The van der Waals surface area contributed by atoms with Crippen molar-refractivity contribution in [3.05, 3.63) is 22.3 Å². The minimum Gasteiger partial charge on any atom is -0.402 e. The van der Waals surface area contributed by atoms with Crippen LogP contribution in [0.2, 0.25) is 0 Å². The molecular formula is C14H12BrF3N2O5S. The van der Waals surface area contributed by atoms with Gasteiger partial charge in [-0.25, -0.2) is 8.42 Å². The van der Waals surface area contributed by atoms with E-state index in [9.17, 15) is 21.6 Å². The molecule has 0 saturated carbocycles. The van der Waals surface area contributed by atoms with Gasteiger partial charge in [-0.1, -0.05) is 26.2 Å². The molecule has 1 aliphatic heterocycles. The topological polar surface area (TPSA) is 91.0 Å². The Morgan fingerprint density at radius 3 is 2.62 bits per heavy atom. The highest BCUT2D eigenvalue weighted by molar-refractivity contribution is 9.10. The number of alkyl halides is 3. The van der Waals surface area contributed by atoms with Crippen molar-refractivity contribution in [1.82, 2.24) is 5.16 Å². The molecule has 0 spiro atoms. The number of fused-ring (bicyclic) bond motifs is 1. The number of halogens is 4. The minimum atomic E-state index is -4.94. The molecule has 1 aliphatic rings. The Labute approximate surface area is 154 Å². The van der Waals surface area contributed by atoms with E-state index >= 15 is 0 Å². The lowest BCUT2D eigenvalue weighted by atomic mass is 10.1. The maximum atomic E-state index is 12.5. The monoisotopic (exact) mass is 456 g/mol. The Kier molecular flexibility index (Phi) is 4.46. The summed E-state index contributed by atoms with van der Waals surface area (Å²) < 4.78 is 71.7. The fourth-order valence-corrected chi connectivity index (χ4v) is 4.25. The third-order valence-electron chi connectivity index (χ3n) is 3.46. The maximum absolute atomic E-state index is 12.5. The summed E-state index contributed by atoms with van der Waals surface area (Å²) in [7, 11) is -3.88. The summed E-state index contributed by atoms with van der Waals surface area (Å²) in [5.74, 6) is -1.22. The molecule has 0 N–H and O–H groups in total. The number of oxime groups is 1. The third-order valence-corrected chi connectivity index (χ3v) is 5.51. The zero-order chi connectivity index (χ0) is 19.3. The molecule has 0 unspecified atom stereocenters. The van der Waals surface area contributed by atoms with Gasteiger partial charge in [0.15, 0.2) is 10.8 Å².